The number of hydrogen-bond donors (Lipinski definition) is 2. The molecule has 2 amide bonds. The van der Waals surface area contributed by atoms with E-state index in [0.717, 1.165) is 5.56 Å². The molecule has 0 aromatic heterocycles. The minimum Gasteiger partial charge on any atom is -0.386 e. The van der Waals surface area contributed by atoms with Crippen molar-refractivity contribution in [2.24, 2.45) is 5.73 Å². The van der Waals surface area contributed by atoms with E-state index in [2.05, 4.69) is 0 Å². The zero-order chi connectivity index (χ0) is 14.8. The maximum atomic E-state index is 11.8. The van der Waals surface area contributed by atoms with Crippen LogP contribution in [0.3, 0.4) is 0 Å². The van der Waals surface area contributed by atoms with Gasteiger partial charge in [0.15, 0.2) is 0 Å². The highest BCUT2D eigenvalue weighted by atomic mass is 16.3. The number of nitrogens with two attached hydrogens (primary N) is 1. The zero-order valence-electron chi connectivity index (χ0n) is 11.4. The zero-order valence-corrected chi connectivity index (χ0v) is 11.4. The Hall–Kier alpha value is -2.14. The van der Waals surface area contributed by atoms with E-state index in [0.29, 0.717) is 25.1 Å². The summed E-state index contributed by atoms with van der Waals surface area (Å²) in [4.78, 5) is 24.3. The number of benzene rings is 1. The summed E-state index contributed by atoms with van der Waals surface area (Å²) in [6.45, 7) is 2.67. The molecule has 0 bridgehead atoms. The minimum absolute atomic E-state index is 0.123. The maximum Gasteiger partial charge on any atom is 0.248 e. The van der Waals surface area contributed by atoms with Gasteiger partial charge in [-0.1, -0.05) is 19.1 Å². The van der Waals surface area contributed by atoms with E-state index in [1.54, 1.807) is 35.2 Å². The Morgan fingerprint density at radius 1 is 1.35 bits per heavy atom. The third kappa shape index (κ3) is 3.05. The van der Waals surface area contributed by atoms with Gasteiger partial charge >= 0.3 is 0 Å². The average molecular weight is 274 g/mol. The fraction of sp³-hybridized carbons (Fsp3) is 0.333. The molecule has 5 nitrogen and oxygen atoms in total. The summed E-state index contributed by atoms with van der Waals surface area (Å²) in [6.07, 6.45) is 3.79. The van der Waals surface area contributed by atoms with Crippen LogP contribution in [-0.4, -0.2) is 40.5 Å². The predicted molar refractivity (Wildman–Crippen MR) is 75.8 cm³/mol. The number of rotatable bonds is 4. The van der Waals surface area contributed by atoms with Crippen molar-refractivity contribution >= 4 is 17.9 Å². The first kappa shape index (κ1) is 14.3. The lowest BCUT2D eigenvalue weighted by molar-refractivity contribution is -0.150. The molecule has 5 heteroatoms. The standard InChI is InChI=1S/C15H18N2O3/c1-2-15(20)9-17(10-15)13(18)8-5-11-3-6-12(7-4-11)14(16)19/h3-8,20H,2,9-10H2,1H3,(H2,16,19). The van der Waals surface area contributed by atoms with Crippen molar-refractivity contribution in [2.45, 2.75) is 18.9 Å². The van der Waals surface area contributed by atoms with Gasteiger partial charge in [0.1, 0.15) is 0 Å². The van der Waals surface area contributed by atoms with Crippen molar-refractivity contribution in [3.8, 4) is 0 Å². The van der Waals surface area contributed by atoms with E-state index >= 15 is 0 Å². The van der Waals surface area contributed by atoms with E-state index in [1.807, 2.05) is 6.92 Å². The first-order chi connectivity index (χ1) is 9.43. The van der Waals surface area contributed by atoms with E-state index in [-0.39, 0.29) is 5.91 Å². The molecule has 0 saturated carbocycles. The summed E-state index contributed by atoms with van der Waals surface area (Å²) in [6, 6.07) is 6.68. The lowest BCUT2D eigenvalue weighted by Crippen LogP contribution is -2.62. The third-order valence-electron chi connectivity index (χ3n) is 3.55. The normalized spacial score (nSPS) is 17.0. The number of amides is 2. The molecule has 0 aliphatic carbocycles. The lowest BCUT2D eigenvalue weighted by atomic mass is 9.91. The van der Waals surface area contributed by atoms with Crippen LogP contribution in [0, 0.1) is 0 Å². The summed E-state index contributed by atoms with van der Waals surface area (Å²) in [7, 11) is 0. The Morgan fingerprint density at radius 3 is 2.45 bits per heavy atom. The summed E-state index contributed by atoms with van der Waals surface area (Å²) < 4.78 is 0. The fourth-order valence-electron chi connectivity index (χ4n) is 2.08. The van der Waals surface area contributed by atoms with Crippen LogP contribution < -0.4 is 5.73 Å². The van der Waals surface area contributed by atoms with E-state index < -0.39 is 11.5 Å². The van der Waals surface area contributed by atoms with Gasteiger partial charge in [-0.05, 0) is 30.2 Å². The van der Waals surface area contributed by atoms with Gasteiger partial charge in [-0.2, -0.15) is 0 Å². The van der Waals surface area contributed by atoms with Crippen molar-refractivity contribution in [1.29, 1.82) is 0 Å². The van der Waals surface area contributed by atoms with Gasteiger partial charge < -0.3 is 15.7 Å². The average Bonchev–Trinajstić information content (AvgIpc) is 2.41. The highest BCUT2D eigenvalue weighted by Crippen LogP contribution is 2.24. The van der Waals surface area contributed by atoms with Crippen molar-refractivity contribution in [1.82, 2.24) is 4.90 Å². The number of carbonyl (C=O) groups excluding carboxylic acids is 2. The molecule has 2 rings (SSSR count). The Balaban J connectivity index is 1.93. The largest absolute Gasteiger partial charge is 0.386 e. The van der Waals surface area contributed by atoms with Crippen LogP contribution in [0.15, 0.2) is 30.3 Å². The van der Waals surface area contributed by atoms with Crippen molar-refractivity contribution in [3.63, 3.8) is 0 Å². The fourth-order valence-corrected chi connectivity index (χ4v) is 2.08. The number of carbonyl (C=O) groups is 2. The van der Waals surface area contributed by atoms with Crippen LogP contribution in [-0.2, 0) is 4.79 Å². The van der Waals surface area contributed by atoms with Crippen LogP contribution in [0.4, 0.5) is 0 Å². The molecule has 1 saturated heterocycles. The van der Waals surface area contributed by atoms with Gasteiger partial charge in [0.25, 0.3) is 0 Å². The maximum absolute atomic E-state index is 11.8. The highest BCUT2D eigenvalue weighted by Gasteiger charge is 2.41. The van der Waals surface area contributed by atoms with Gasteiger partial charge in [-0.15, -0.1) is 0 Å². The van der Waals surface area contributed by atoms with Crippen LogP contribution in [0.2, 0.25) is 0 Å². The van der Waals surface area contributed by atoms with Crippen molar-refractivity contribution < 1.29 is 14.7 Å². The summed E-state index contributed by atoms with van der Waals surface area (Å²) in [5.74, 6) is -0.599. The van der Waals surface area contributed by atoms with Crippen LogP contribution in [0.25, 0.3) is 6.08 Å². The van der Waals surface area contributed by atoms with Crippen LogP contribution in [0.5, 0.6) is 0 Å². The SMILES string of the molecule is CCC1(O)CN(C(=O)C=Cc2ccc(C(N)=O)cc2)C1. The Kier molecular flexibility index (Phi) is 3.90. The van der Waals surface area contributed by atoms with Gasteiger partial charge in [-0.25, -0.2) is 0 Å². The first-order valence-electron chi connectivity index (χ1n) is 6.53. The van der Waals surface area contributed by atoms with E-state index in [1.165, 1.54) is 6.08 Å². The molecule has 1 aliphatic heterocycles. The molecule has 0 spiro atoms. The number of β-amino-alcohol motifs (C(OH)–C–C–N with tert-alkyl or cyclic N) is 1. The minimum atomic E-state index is -0.716. The van der Waals surface area contributed by atoms with E-state index in [4.69, 9.17) is 5.73 Å². The lowest BCUT2D eigenvalue weighted by Gasteiger charge is -2.45. The Labute approximate surface area is 117 Å². The number of likely N-dealkylation sites (tertiary alicyclic amines) is 1. The second-order valence-electron chi connectivity index (χ2n) is 5.09. The molecule has 0 radical (unpaired) electrons. The molecule has 1 aliphatic rings. The quantitative estimate of drug-likeness (QED) is 0.796. The van der Waals surface area contributed by atoms with Crippen LogP contribution >= 0.6 is 0 Å². The summed E-state index contributed by atoms with van der Waals surface area (Å²) >= 11 is 0. The molecular weight excluding hydrogens is 256 g/mol. The number of hydrogen-bond acceptors (Lipinski definition) is 3. The van der Waals surface area contributed by atoms with Crippen LogP contribution in [0.1, 0.15) is 29.3 Å². The monoisotopic (exact) mass is 274 g/mol. The smallest absolute Gasteiger partial charge is 0.248 e. The molecule has 1 aromatic carbocycles. The van der Waals surface area contributed by atoms with Gasteiger partial charge in [0, 0.05) is 11.6 Å². The Bertz CT molecular complexity index is 543. The first-order valence-corrected chi connectivity index (χ1v) is 6.53. The van der Waals surface area contributed by atoms with Gasteiger partial charge in [0.2, 0.25) is 11.8 Å². The topological polar surface area (TPSA) is 83.6 Å². The molecule has 1 heterocycles. The summed E-state index contributed by atoms with van der Waals surface area (Å²) in [5, 5.41) is 9.84. The number of primary amides is 1. The number of nitrogens with zero attached hydrogens (tertiary/aromatic N) is 1. The van der Waals surface area contributed by atoms with Gasteiger partial charge in [-0.3, -0.25) is 9.59 Å². The van der Waals surface area contributed by atoms with Crippen molar-refractivity contribution in [3.05, 3.63) is 41.5 Å². The molecule has 0 unspecified atom stereocenters. The predicted octanol–water partition coefficient (Wildman–Crippen LogP) is 0.782. The van der Waals surface area contributed by atoms with E-state index in [9.17, 15) is 14.7 Å². The Morgan fingerprint density at radius 2 is 1.95 bits per heavy atom. The van der Waals surface area contributed by atoms with Crippen molar-refractivity contribution in [2.75, 3.05) is 13.1 Å². The molecule has 1 fully saturated rings. The molecule has 106 valence electrons. The highest BCUT2D eigenvalue weighted by molar-refractivity contribution is 5.94. The summed E-state index contributed by atoms with van der Waals surface area (Å²) in [5.41, 5.74) is 5.68. The number of aliphatic hydroxyl groups is 1. The molecule has 3 N–H and O–H groups in total. The second kappa shape index (κ2) is 5.46. The third-order valence-corrected chi connectivity index (χ3v) is 3.55. The molecule has 20 heavy (non-hydrogen) atoms. The second-order valence-corrected chi connectivity index (χ2v) is 5.09. The molecule has 1 aromatic rings. The van der Waals surface area contributed by atoms with Gasteiger partial charge in [0.05, 0.1) is 18.7 Å². The molecular formula is C15H18N2O3. The molecule has 0 atom stereocenters.